The third-order valence-corrected chi connectivity index (χ3v) is 2.46. The maximum atomic E-state index is 12.1. The molecular formula is C11H13N5O2. The van der Waals surface area contributed by atoms with Gasteiger partial charge in [0.15, 0.2) is 5.65 Å². The molecule has 2 heterocycles. The topological polar surface area (TPSA) is 93.6 Å². The summed E-state index contributed by atoms with van der Waals surface area (Å²) in [6.07, 6.45) is 4.54. The molecule has 2 rings (SSSR count). The van der Waals surface area contributed by atoms with Crippen LogP contribution in [0.2, 0.25) is 0 Å². The predicted molar refractivity (Wildman–Crippen MR) is 63.2 cm³/mol. The fourth-order valence-electron chi connectivity index (χ4n) is 1.49. The Labute approximate surface area is 103 Å². The van der Waals surface area contributed by atoms with E-state index in [4.69, 9.17) is 5.84 Å². The summed E-state index contributed by atoms with van der Waals surface area (Å²) in [6.45, 7) is 3.34. The molecule has 0 unspecified atom stereocenters. The zero-order valence-corrected chi connectivity index (χ0v) is 10.1. The Morgan fingerprint density at radius 1 is 1.44 bits per heavy atom. The molecule has 0 bridgehead atoms. The molecule has 0 aliphatic heterocycles. The number of nitrogens with two attached hydrogens (primary N) is 1. The van der Waals surface area contributed by atoms with E-state index in [9.17, 15) is 9.59 Å². The van der Waals surface area contributed by atoms with Gasteiger partial charge in [0.25, 0.3) is 5.91 Å². The summed E-state index contributed by atoms with van der Waals surface area (Å²) in [7, 11) is 0. The van der Waals surface area contributed by atoms with Crippen molar-refractivity contribution < 1.29 is 9.59 Å². The molecular weight excluding hydrogens is 234 g/mol. The van der Waals surface area contributed by atoms with Gasteiger partial charge in [-0.25, -0.2) is 20.4 Å². The number of hydrogen-bond acceptors (Lipinski definition) is 5. The second-order valence-electron chi connectivity index (χ2n) is 4.11. The van der Waals surface area contributed by atoms with Crippen LogP contribution in [0.25, 0.3) is 5.65 Å². The van der Waals surface area contributed by atoms with E-state index in [1.807, 2.05) is 0 Å². The van der Waals surface area contributed by atoms with Crippen LogP contribution in [0.5, 0.6) is 0 Å². The van der Waals surface area contributed by atoms with Crippen LogP contribution in [-0.2, 0) is 4.79 Å². The van der Waals surface area contributed by atoms with E-state index in [0.29, 0.717) is 10.7 Å². The fraction of sp³-hybridized carbons (Fsp3) is 0.273. The van der Waals surface area contributed by atoms with Crippen molar-refractivity contribution in [1.29, 1.82) is 0 Å². The van der Waals surface area contributed by atoms with E-state index in [1.54, 1.807) is 32.3 Å². The number of hydrazine groups is 1. The molecule has 2 aromatic rings. The average Bonchev–Trinajstić information content (AvgIpc) is 2.79. The Bertz CT molecular complexity index is 604. The molecule has 0 saturated carbocycles. The minimum Gasteiger partial charge on any atom is -0.273 e. The van der Waals surface area contributed by atoms with Crippen LogP contribution in [0.3, 0.4) is 0 Å². The van der Waals surface area contributed by atoms with Crippen LogP contribution < -0.4 is 5.84 Å². The van der Waals surface area contributed by atoms with Crippen LogP contribution >= 0.6 is 0 Å². The number of aromatic nitrogens is 3. The van der Waals surface area contributed by atoms with Gasteiger partial charge in [-0.2, -0.15) is 5.10 Å². The van der Waals surface area contributed by atoms with Gasteiger partial charge < -0.3 is 0 Å². The van der Waals surface area contributed by atoms with Crippen molar-refractivity contribution in [2.45, 2.75) is 13.8 Å². The van der Waals surface area contributed by atoms with E-state index >= 15 is 0 Å². The average molecular weight is 247 g/mol. The Morgan fingerprint density at radius 3 is 2.83 bits per heavy atom. The summed E-state index contributed by atoms with van der Waals surface area (Å²) in [5, 5.41) is 4.57. The smallest absolute Gasteiger partial charge is 0.273 e. The van der Waals surface area contributed by atoms with Gasteiger partial charge in [-0.1, -0.05) is 13.8 Å². The number of carbonyl (C=O) groups is 2. The normalized spacial score (nSPS) is 10.9. The van der Waals surface area contributed by atoms with E-state index in [2.05, 4.69) is 10.1 Å². The maximum absolute atomic E-state index is 12.1. The summed E-state index contributed by atoms with van der Waals surface area (Å²) in [5.41, 5.74) is 0.571. The van der Waals surface area contributed by atoms with E-state index < -0.39 is 11.8 Å². The van der Waals surface area contributed by atoms with Crippen molar-refractivity contribution in [2.75, 3.05) is 0 Å². The van der Waals surface area contributed by atoms with Gasteiger partial charge in [-0.3, -0.25) is 9.59 Å². The summed E-state index contributed by atoms with van der Waals surface area (Å²) in [6, 6.07) is 1.69. The first-order valence-electron chi connectivity index (χ1n) is 5.43. The van der Waals surface area contributed by atoms with Gasteiger partial charge in [-0.15, -0.1) is 0 Å². The lowest BCUT2D eigenvalue weighted by molar-refractivity contribution is -0.132. The molecule has 2 N–H and O–H groups in total. The molecule has 2 amide bonds. The summed E-state index contributed by atoms with van der Waals surface area (Å²) < 4.78 is 1.45. The number of fused-ring (bicyclic) bond motifs is 1. The number of nitrogens with zero attached hydrogens (tertiary/aromatic N) is 4. The Balaban J connectivity index is 2.37. The highest BCUT2D eigenvalue weighted by atomic mass is 16.2. The first-order chi connectivity index (χ1) is 8.52. The van der Waals surface area contributed by atoms with E-state index in [-0.39, 0.29) is 11.5 Å². The second-order valence-corrected chi connectivity index (χ2v) is 4.11. The monoisotopic (exact) mass is 247 g/mol. The summed E-state index contributed by atoms with van der Waals surface area (Å²) in [5.74, 6) is 4.10. The summed E-state index contributed by atoms with van der Waals surface area (Å²) in [4.78, 5) is 27.7. The molecule has 94 valence electrons. The zero-order chi connectivity index (χ0) is 13.3. The van der Waals surface area contributed by atoms with Crippen molar-refractivity contribution in [3.05, 3.63) is 30.2 Å². The largest absolute Gasteiger partial charge is 0.280 e. The predicted octanol–water partition coefficient (Wildman–Crippen LogP) is 0.228. The molecule has 0 aromatic carbocycles. The lowest BCUT2D eigenvalue weighted by Crippen LogP contribution is -2.44. The molecule has 18 heavy (non-hydrogen) atoms. The van der Waals surface area contributed by atoms with Gasteiger partial charge in [0.2, 0.25) is 5.91 Å². The fourth-order valence-corrected chi connectivity index (χ4v) is 1.49. The van der Waals surface area contributed by atoms with E-state index in [0.717, 1.165) is 0 Å². The van der Waals surface area contributed by atoms with Crippen LogP contribution in [-0.4, -0.2) is 31.4 Å². The number of amides is 2. The van der Waals surface area contributed by atoms with Gasteiger partial charge in [0, 0.05) is 18.3 Å². The molecule has 0 saturated heterocycles. The van der Waals surface area contributed by atoms with Gasteiger partial charge in [0.05, 0.1) is 6.20 Å². The number of rotatable bonds is 2. The SMILES string of the molecule is CC(C)C(=O)N(N)C(=O)c1cnn2cccnc12. The molecule has 2 aromatic heterocycles. The molecule has 0 fully saturated rings. The first kappa shape index (κ1) is 12.2. The van der Waals surface area contributed by atoms with Gasteiger partial charge >= 0.3 is 0 Å². The second kappa shape index (κ2) is 4.53. The first-order valence-corrected chi connectivity index (χ1v) is 5.43. The molecule has 0 spiro atoms. The van der Waals surface area contributed by atoms with E-state index in [1.165, 1.54) is 10.7 Å². The number of hydrogen-bond donors (Lipinski definition) is 1. The maximum Gasteiger partial charge on any atom is 0.280 e. The van der Waals surface area contributed by atoms with Crippen LogP contribution in [0.15, 0.2) is 24.7 Å². The van der Waals surface area contributed by atoms with Gasteiger partial charge in [-0.05, 0) is 6.07 Å². The Kier molecular flexibility index (Phi) is 3.07. The highest BCUT2D eigenvalue weighted by molar-refractivity contribution is 6.07. The van der Waals surface area contributed by atoms with Crippen molar-refractivity contribution in [3.8, 4) is 0 Å². The highest BCUT2D eigenvalue weighted by Gasteiger charge is 2.24. The molecule has 7 nitrogen and oxygen atoms in total. The Hall–Kier alpha value is -2.28. The highest BCUT2D eigenvalue weighted by Crippen LogP contribution is 2.10. The molecule has 0 aliphatic rings. The number of carbonyl (C=O) groups excluding carboxylic acids is 2. The quantitative estimate of drug-likeness (QED) is 0.465. The lowest BCUT2D eigenvalue weighted by Gasteiger charge is -2.15. The van der Waals surface area contributed by atoms with Crippen molar-refractivity contribution in [2.24, 2.45) is 11.8 Å². The molecule has 0 aliphatic carbocycles. The zero-order valence-electron chi connectivity index (χ0n) is 10.1. The summed E-state index contributed by atoms with van der Waals surface area (Å²) >= 11 is 0. The molecule has 0 radical (unpaired) electrons. The van der Waals surface area contributed by atoms with Crippen molar-refractivity contribution in [3.63, 3.8) is 0 Å². The lowest BCUT2D eigenvalue weighted by atomic mass is 10.2. The van der Waals surface area contributed by atoms with Crippen LogP contribution in [0.1, 0.15) is 24.2 Å². The Morgan fingerprint density at radius 2 is 2.17 bits per heavy atom. The third kappa shape index (κ3) is 1.95. The molecule has 0 atom stereocenters. The van der Waals surface area contributed by atoms with Crippen LogP contribution in [0, 0.1) is 5.92 Å². The van der Waals surface area contributed by atoms with Gasteiger partial charge in [0.1, 0.15) is 5.56 Å². The molecule has 7 heteroatoms. The minimum absolute atomic E-state index is 0.201. The standard InChI is InChI=1S/C11H13N5O2/c1-7(2)10(17)16(12)11(18)8-6-14-15-5-3-4-13-9(8)15/h3-7H,12H2,1-2H3. The minimum atomic E-state index is -0.609. The van der Waals surface area contributed by atoms with Crippen molar-refractivity contribution >= 4 is 17.5 Å². The number of imide groups is 1. The van der Waals surface area contributed by atoms with Crippen LogP contribution in [0.4, 0.5) is 0 Å². The third-order valence-electron chi connectivity index (χ3n) is 2.46. The van der Waals surface area contributed by atoms with Crippen molar-refractivity contribution in [1.82, 2.24) is 19.6 Å².